The highest BCUT2D eigenvalue weighted by molar-refractivity contribution is 5.68. The van der Waals surface area contributed by atoms with Gasteiger partial charge in [-0.3, -0.25) is 4.79 Å². The molecule has 0 saturated heterocycles. The minimum Gasteiger partial charge on any atom is -0.508 e. The minimum absolute atomic E-state index is 0.0620. The lowest BCUT2D eigenvalue weighted by Gasteiger charge is -1.93. The third-order valence-corrected chi connectivity index (χ3v) is 1.66. The first-order valence-electron chi connectivity index (χ1n) is 3.87. The van der Waals surface area contributed by atoms with E-state index < -0.39 is 0 Å². The van der Waals surface area contributed by atoms with Crippen molar-refractivity contribution in [1.82, 2.24) is 10.2 Å². The maximum absolute atomic E-state index is 10.3. The van der Waals surface area contributed by atoms with Crippen molar-refractivity contribution in [3.8, 4) is 17.2 Å². The van der Waals surface area contributed by atoms with Crippen molar-refractivity contribution in [2.24, 2.45) is 0 Å². The van der Waals surface area contributed by atoms with Gasteiger partial charge in [-0.1, -0.05) is 0 Å². The number of hydrogen-bond acceptors (Lipinski definition) is 5. The Balaban J connectivity index is 2.39. The van der Waals surface area contributed by atoms with E-state index in [9.17, 15) is 4.79 Å². The molecule has 0 amide bonds. The van der Waals surface area contributed by atoms with Crippen LogP contribution in [0.1, 0.15) is 10.7 Å². The van der Waals surface area contributed by atoms with Crippen LogP contribution in [0.25, 0.3) is 11.5 Å². The van der Waals surface area contributed by atoms with Crippen molar-refractivity contribution in [3.05, 3.63) is 30.2 Å². The molecule has 5 heteroatoms. The molecule has 1 aromatic heterocycles. The van der Waals surface area contributed by atoms with Crippen LogP contribution in [0, 0.1) is 0 Å². The fourth-order valence-corrected chi connectivity index (χ4v) is 1.00. The molecule has 1 N–H and O–H groups in total. The number of rotatable bonds is 2. The Bertz CT molecular complexity index is 447. The van der Waals surface area contributed by atoms with Crippen molar-refractivity contribution in [1.29, 1.82) is 0 Å². The number of phenolic OH excluding ortho intramolecular Hbond substituents is 1. The first kappa shape index (κ1) is 8.43. The normalized spacial score (nSPS) is 10.0. The van der Waals surface area contributed by atoms with E-state index in [2.05, 4.69) is 10.2 Å². The van der Waals surface area contributed by atoms with E-state index in [1.54, 1.807) is 12.1 Å². The number of hydrogen-bond donors (Lipinski definition) is 1. The molecule has 2 rings (SSSR count). The highest BCUT2D eigenvalue weighted by atomic mass is 16.4. The lowest BCUT2D eigenvalue weighted by Crippen LogP contribution is -1.76. The summed E-state index contributed by atoms with van der Waals surface area (Å²) in [6.45, 7) is 0. The number of aromatic nitrogens is 2. The van der Waals surface area contributed by atoms with Crippen LogP contribution < -0.4 is 0 Å². The monoisotopic (exact) mass is 190 g/mol. The van der Waals surface area contributed by atoms with Gasteiger partial charge in [0.05, 0.1) is 0 Å². The molecule has 0 fully saturated rings. The first-order chi connectivity index (χ1) is 6.79. The lowest BCUT2D eigenvalue weighted by atomic mass is 10.2. The minimum atomic E-state index is -0.0620. The third-order valence-electron chi connectivity index (χ3n) is 1.66. The standard InChI is InChI=1S/C9H6N2O3/c12-5-8-10-11-9(14-8)6-1-3-7(13)4-2-6/h1-5,13H. The summed E-state index contributed by atoms with van der Waals surface area (Å²) >= 11 is 0. The second-order valence-electron chi connectivity index (χ2n) is 2.61. The molecule has 0 spiro atoms. The number of carbonyl (C=O) groups excluding carboxylic acids is 1. The van der Waals surface area contributed by atoms with Crippen LogP contribution >= 0.6 is 0 Å². The van der Waals surface area contributed by atoms with Crippen LogP contribution in [0.3, 0.4) is 0 Å². The maximum atomic E-state index is 10.3. The van der Waals surface area contributed by atoms with E-state index in [1.165, 1.54) is 12.1 Å². The van der Waals surface area contributed by atoms with Crippen LogP contribution in [0.2, 0.25) is 0 Å². The zero-order valence-electron chi connectivity index (χ0n) is 7.04. The van der Waals surface area contributed by atoms with Gasteiger partial charge < -0.3 is 9.52 Å². The van der Waals surface area contributed by atoms with Gasteiger partial charge in [0.15, 0.2) is 0 Å². The van der Waals surface area contributed by atoms with E-state index in [1.807, 2.05) is 0 Å². The van der Waals surface area contributed by atoms with Gasteiger partial charge in [0.1, 0.15) is 5.75 Å². The second-order valence-corrected chi connectivity index (χ2v) is 2.61. The number of aldehydes is 1. The van der Waals surface area contributed by atoms with Crippen LogP contribution in [0.5, 0.6) is 5.75 Å². The Kier molecular flexibility index (Phi) is 1.98. The molecule has 0 aliphatic rings. The summed E-state index contributed by atoms with van der Waals surface area (Å²) < 4.78 is 4.99. The van der Waals surface area contributed by atoms with Gasteiger partial charge in [0.25, 0.3) is 5.89 Å². The molecule has 1 heterocycles. The average molecular weight is 190 g/mol. The van der Waals surface area contributed by atoms with Crippen LogP contribution in [-0.2, 0) is 0 Å². The molecular formula is C9H6N2O3. The molecule has 70 valence electrons. The molecule has 0 atom stereocenters. The van der Waals surface area contributed by atoms with Gasteiger partial charge in [0.2, 0.25) is 12.2 Å². The number of phenols is 1. The number of nitrogens with zero attached hydrogens (tertiary/aromatic N) is 2. The predicted molar refractivity (Wildman–Crippen MR) is 46.8 cm³/mol. The van der Waals surface area contributed by atoms with E-state index in [0.717, 1.165) is 0 Å². The Morgan fingerprint density at radius 2 is 1.93 bits per heavy atom. The van der Waals surface area contributed by atoms with Gasteiger partial charge in [-0.2, -0.15) is 0 Å². The molecule has 0 saturated carbocycles. The van der Waals surface area contributed by atoms with Crippen LogP contribution in [0.15, 0.2) is 28.7 Å². The van der Waals surface area contributed by atoms with E-state index in [0.29, 0.717) is 11.8 Å². The molecule has 0 aliphatic carbocycles. The van der Waals surface area contributed by atoms with Gasteiger partial charge in [-0.05, 0) is 24.3 Å². The molecule has 2 aromatic rings. The molecular weight excluding hydrogens is 184 g/mol. The highest BCUT2D eigenvalue weighted by Gasteiger charge is 2.06. The summed E-state index contributed by atoms with van der Waals surface area (Å²) in [5, 5.41) is 16.2. The molecule has 0 bridgehead atoms. The van der Waals surface area contributed by atoms with Crippen molar-refractivity contribution < 1.29 is 14.3 Å². The predicted octanol–water partition coefficient (Wildman–Crippen LogP) is 1.25. The van der Waals surface area contributed by atoms with Crippen molar-refractivity contribution in [2.45, 2.75) is 0 Å². The lowest BCUT2D eigenvalue weighted by molar-refractivity contribution is 0.109. The quantitative estimate of drug-likeness (QED) is 0.721. The third kappa shape index (κ3) is 1.47. The number of aromatic hydroxyl groups is 1. The zero-order chi connectivity index (χ0) is 9.97. The maximum Gasteiger partial charge on any atom is 0.280 e. The summed E-state index contributed by atoms with van der Waals surface area (Å²) in [6, 6.07) is 6.25. The van der Waals surface area contributed by atoms with Gasteiger partial charge in [-0.15, -0.1) is 10.2 Å². The topological polar surface area (TPSA) is 76.2 Å². The number of benzene rings is 1. The van der Waals surface area contributed by atoms with Crippen LogP contribution in [-0.4, -0.2) is 21.6 Å². The smallest absolute Gasteiger partial charge is 0.280 e. The molecule has 0 unspecified atom stereocenters. The summed E-state index contributed by atoms with van der Waals surface area (Å²) in [4.78, 5) is 10.3. The first-order valence-corrected chi connectivity index (χ1v) is 3.87. The number of carbonyl (C=O) groups is 1. The fraction of sp³-hybridized carbons (Fsp3) is 0. The molecule has 0 radical (unpaired) electrons. The Hall–Kier alpha value is -2.17. The van der Waals surface area contributed by atoms with Gasteiger partial charge in [-0.25, -0.2) is 0 Å². The van der Waals surface area contributed by atoms with Gasteiger partial charge in [0, 0.05) is 5.56 Å². The molecule has 1 aromatic carbocycles. The second kappa shape index (κ2) is 3.29. The SMILES string of the molecule is O=Cc1nnc(-c2ccc(O)cc2)o1. The van der Waals surface area contributed by atoms with Crippen LogP contribution in [0.4, 0.5) is 0 Å². The average Bonchev–Trinajstić information content (AvgIpc) is 2.67. The zero-order valence-corrected chi connectivity index (χ0v) is 7.04. The Morgan fingerprint density at radius 3 is 2.50 bits per heavy atom. The summed E-state index contributed by atoms with van der Waals surface area (Å²) in [5.41, 5.74) is 0.656. The largest absolute Gasteiger partial charge is 0.508 e. The van der Waals surface area contributed by atoms with Gasteiger partial charge >= 0.3 is 0 Å². The molecule has 0 aliphatic heterocycles. The molecule has 5 nitrogen and oxygen atoms in total. The van der Waals surface area contributed by atoms with E-state index >= 15 is 0 Å². The Labute approximate surface area is 79.0 Å². The summed E-state index contributed by atoms with van der Waals surface area (Å²) in [7, 11) is 0. The van der Waals surface area contributed by atoms with E-state index in [-0.39, 0.29) is 17.5 Å². The Morgan fingerprint density at radius 1 is 1.21 bits per heavy atom. The van der Waals surface area contributed by atoms with Crippen molar-refractivity contribution >= 4 is 6.29 Å². The highest BCUT2D eigenvalue weighted by Crippen LogP contribution is 2.19. The molecule has 14 heavy (non-hydrogen) atoms. The van der Waals surface area contributed by atoms with E-state index in [4.69, 9.17) is 9.52 Å². The van der Waals surface area contributed by atoms with Crippen molar-refractivity contribution in [2.75, 3.05) is 0 Å². The summed E-state index contributed by atoms with van der Waals surface area (Å²) in [5.74, 6) is 0.351. The fourth-order valence-electron chi connectivity index (χ4n) is 1.00. The van der Waals surface area contributed by atoms with Crippen molar-refractivity contribution in [3.63, 3.8) is 0 Å². The summed E-state index contributed by atoms with van der Waals surface area (Å²) in [6.07, 6.45) is 0.483.